The second-order valence-corrected chi connectivity index (χ2v) is 7.68. The topological polar surface area (TPSA) is 82.3 Å². The molecule has 4 aromatic rings. The van der Waals surface area contributed by atoms with Crippen LogP contribution in [0.1, 0.15) is 5.56 Å². The molecule has 0 fully saturated rings. The molecule has 0 radical (unpaired) electrons. The van der Waals surface area contributed by atoms with Crippen LogP contribution < -0.4 is 21.3 Å². The minimum atomic E-state index is -0.601. The molecule has 0 unspecified atom stereocenters. The first-order chi connectivity index (χ1) is 15.0. The summed E-state index contributed by atoms with van der Waals surface area (Å²) in [6.45, 7) is -0.287. The van der Waals surface area contributed by atoms with Crippen LogP contribution in [0.25, 0.3) is 10.2 Å². The molecule has 0 aliphatic rings. The molecular formula is C22H18FN3O4S. The van der Waals surface area contributed by atoms with Gasteiger partial charge in [0.05, 0.1) is 19.2 Å². The number of para-hydroxylation sites is 1. The van der Waals surface area contributed by atoms with E-state index in [4.69, 9.17) is 4.74 Å². The van der Waals surface area contributed by atoms with Crippen LogP contribution in [0, 0.1) is 5.82 Å². The molecule has 158 valence electrons. The van der Waals surface area contributed by atoms with E-state index in [-0.39, 0.29) is 13.1 Å². The largest absolute Gasteiger partial charge is 0.496 e. The molecule has 1 N–H and O–H groups in total. The van der Waals surface area contributed by atoms with Crippen molar-refractivity contribution in [2.24, 2.45) is 0 Å². The van der Waals surface area contributed by atoms with Crippen molar-refractivity contribution >= 4 is 33.1 Å². The van der Waals surface area contributed by atoms with Crippen molar-refractivity contribution in [1.82, 2.24) is 9.13 Å². The Morgan fingerprint density at radius 2 is 1.81 bits per heavy atom. The van der Waals surface area contributed by atoms with Gasteiger partial charge in [-0.1, -0.05) is 18.2 Å². The number of rotatable bonds is 6. The number of nitrogens with zero attached hydrogens (tertiary/aromatic N) is 2. The molecule has 4 rings (SSSR count). The van der Waals surface area contributed by atoms with E-state index in [0.717, 1.165) is 4.57 Å². The molecule has 9 heteroatoms. The summed E-state index contributed by atoms with van der Waals surface area (Å²) in [7, 11) is 1.52. The van der Waals surface area contributed by atoms with Gasteiger partial charge < -0.3 is 10.1 Å². The summed E-state index contributed by atoms with van der Waals surface area (Å²) in [5, 5.41) is 4.34. The number of benzene rings is 2. The van der Waals surface area contributed by atoms with Gasteiger partial charge in [0.1, 0.15) is 22.8 Å². The van der Waals surface area contributed by atoms with Crippen molar-refractivity contribution in [2.45, 2.75) is 13.1 Å². The standard InChI is InChI=1S/C22H18FN3O4S/c1-30-18-5-3-2-4-14(18)12-26-21(28)20-17(10-11-31-20)25(22(26)29)13-19(27)24-16-8-6-15(23)7-9-16/h2-11H,12-13H2,1H3,(H,24,27). The lowest BCUT2D eigenvalue weighted by molar-refractivity contribution is -0.116. The van der Waals surface area contributed by atoms with Gasteiger partial charge in [-0.25, -0.2) is 9.18 Å². The van der Waals surface area contributed by atoms with Gasteiger partial charge in [0.25, 0.3) is 5.56 Å². The number of hydrogen-bond donors (Lipinski definition) is 1. The Kier molecular flexibility index (Phi) is 5.68. The minimum absolute atomic E-state index is 0.00903. The highest BCUT2D eigenvalue weighted by Gasteiger charge is 2.17. The van der Waals surface area contributed by atoms with E-state index in [1.54, 1.807) is 35.7 Å². The van der Waals surface area contributed by atoms with Gasteiger partial charge in [-0.2, -0.15) is 0 Å². The molecule has 0 bridgehead atoms. The summed E-state index contributed by atoms with van der Waals surface area (Å²) in [5.41, 5.74) is 0.448. The molecule has 0 aliphatic heterocycles. The molecule has 0 saturated heterocycles. The summed E-state index contributed by atoms with van der Waals surface area (Å²) in [4.78, 5) is 38.7. The van der Waals surface area contributed by atoms with Crippen LogP contribution in [0.4, 0.5) is 10.1 Å². The first-order valence-corrected chi connectivity index (χ1v) is 10.2. The lowest BCUT2D eigenvalue weighted by Crippen LogP contribution is -2.41. The van der Waals surface area contributed by atoms with Crippen LogP contribution in [-0.4, -0.2) is 22.2 Å². The van der Waals surface area contributed by atoms with E-state index in [1.165, 1.54) is 47.3 Å². The third-order valence-corrected chi connectivity index (χ3v) is 5.68. The third-order valence-electron chi connectivity index (χ3n) is 4.79. The Morgan fingerprint density at radius 1 is 1.06 bits per heavy atom. The molecule has 2 aromatic carbocycles. The maximum atomic E-state index is 13.2. The predicted octanol–water partition coefficient (Wildman–Crippen LogP) is 3.06. The first kappa shape index (κ1) is 20.5. The molecule has 1 amide bonds. The fraction of sp³-hybridized carbons (Fsp3) is 0.136. The number of carbonyl (C=O) groups is 1. The van der Waals surface area contributed by atoms with Crippen molar-refractivity contribution in [3.8, 4) is 5.75 Å². The van der Waals surface area contributed by atoms with Gasteiger partial charge in [-0.15, -0.1) is 11.3 Å². The summed E-state index contributed by atoms with van der Waals surface area (Å²) in [5.74, 6) is -0.331. The number of carbonyl (C=O) groups excluding carboxylic acids is 1. The zero-order valence-corrected chi connectivity index (χ0v) is 17.3. The fourth-order valence-corrected chi connectivity index (χ4v) is 4.15. The normalized spacial score (nSPS) is 10.9. The number of ether oxygens (including phenoxy) is 1. The van der Waals surface area contributed by atoms with Crippen molar-refractivity contribution in [3.63, 3.8) is 0 Å². The van der Waals surface area contributed by atoms with E-state index in [0.29, 0.717) is 27.2 Å². The summed E-state index contributed by atoms with van der Waals surface area (Å²) < 4.78 is 21.2. The second-order valence-electron chi connectivity index (χ2n) is 6.76. The van der Waals surface area contributed by atoms with E-state index in [9.17, 15) is 18.8 Å². The highest BCUT2D eigenvalue weighted by Crippen LogP contribution is 2.19. The lowest BCUT2D eigenvalue weighted by atomic mass is 10.2. The summed E-state index contributed by atoms with van der Waals surface area (Å²) >= 11 is 1.21. The number of hydrogen-bond acceptors (Lipinski definition) is 5. The molecule has 0 spiro atoms. The molecule has 2 aromatic heterocycles. The molecule has 7 nitrogen and oxygen atoms in total. The molecular weight excluding hydrogens is 421 g/mol. The van der Waals surface area contributed by atoms with Gasteiger partial charge in [-0.05, 0) is 41.8 Å². The number of amides is 1. The van der Waals surface area contributed by atoms with Gasteiger partial charge in [0.2, 0.25) is 5.91 Å². The highest BCUT2D eigenvalue weighted by molar-refractivity contribution is 7.17. The van der Waals surface area contributed by atoms with Crippen LogP contribution in [-0.2, 0) is 17.9 Å². The van der Waals surface area contributed by atoms with E-state index < -0.39 is 23.0 Å². The zero-order chi connectivity index (χ0) is 22.0. The Hall–Kier alpha value is -3.72. The maximum absolute atomic E-state index is 13.2. The Morgan fingerprint density at radius 3 is 2.55 bits per heavy atom. The van der Waals surface area contributed by atoms with E-state index >= 15 is 0 Å². The van der Waals surface area contributed by atoms with Crippen molar-refractivity contribution in [2.75, 3.05) is 12.4 Å². The average Bonchev–Trinajstić information content (AvgIpc) is 3.26. The molecule has 31 heavy (non-hydrogen) atoms. The van der Waals surface area contributed by atoms with Crippen LogP contribution >= 0.6 is 11.3 Å². The summed E-state index contributed by atoms with van der Waals surface area (Å²) in [6, 6.07) is 14.1. The minimum Gasteiger partial charge on any atom is -0.496 e. The number of methoxy groups -OCH3 is 1. The zero-order valence-electron chi connectivity index (χ0n) is 16.5. The first-order valence-electron chi connectivity index (χ1n) is 9.36. The van der Waals surface area contributed by atoms with Crippen LogP contribution in [0.15, 0.2) is 69.6 Å². The fourth-order valence-electron chi connectivity index (χ4n) is 3.31. The SMILES string of the molecule is COc1ccccc1Cn1c(=O)c2sccc2n(CC(=O)Nc2ccc(F)cc2)c1=O. The third kappa shape index (κ3) is 4.13. The second kappa shape index (κ2) is 8.57. The van der Waals surface area contributed by atoms with E-state index in [2.05, 4.69) is 5.32 Å². The number of fused-ring (bicyclic) bond motifs is 1. The Labute approximate surface area is 180 Å². The molecule has 0 saturated carbocycles. The van der Waals surface area contributed by atoms with Crippen LogP contribution in [0.2, 0.25) is 0 Å². The van der Waals surface area contributed by atoms with Gasteiger partial charge in [-0.3, -0.25) is 18.7 Å². The maximum Gasteiger partial charge on any atom is 0.332 e. The molecule has 0 atom stereocenters. The average molecular weight is 439 g/mol. The van der Waals surface area contributed by atoms with Gasteiger partial charge in [0.15, 0.2) is 0 Å². The van der Waals surface area contributed by atoms with Crippen molar-refractivity contribution in [3.05, 3.63) is 92.2 Å². The Balaban J connectivity index is 1.72. The quantitative estimate of drug-likeness (QED) is 0.501. The van der Waals surface area contributed by atoms with Crippen molar-refractivity contribution < 1.29 is 13.9 Å². The van der Waals surface area contributed by atoms with E-state index in [1.807, 2.05) is 0 Å². The number of anilines is 1. The number of aromatic nitrogens is 2. The van der Waals surface area contributed by atoms with Gasteiger partial charge >= 0.3 is 5.69 Å². The highest BCUT2D eigenvalue weighted by atomic mass is 32.1. The summed E-state index contributed by atoms with van der Waals surface area (Å²) in [6.07, 6.45) is 0. The predicted molar refractivity (Wildman–Crippen MR) is 117 cm³/mol. The molecule has 2 heterocycles. The van der Waals surface area contributed by atoms with Crippen LogP contribution in [0.3, 0.4) is 0 Å². The number of halogens is 1. The number of thiophene rings is 1. The number of nitrogens with one attached hydrogen (secondary N) is 1. The monoisotopic (exact) mass is 439 g/mol. The molecule has 0 aliphatic carbocycles. The lowest BCUT2D eigenvalue weighted by Gasteiger charge is -2.14. The van der Waals surface area contributed by atoms with Crippen molar-refractivity contribution in [1.29, 1.82) is 0 Å². The van der Waals surface area contributed by atoms with Crippen LogP contribution in [0.5, 0.6) is 5.75 Å². The smallest absolute Gasteiger partial charge is 0.332 e. The van der Waals surface area contributed by atoms with Gasteiger partial charge in [0, 0.05) is 11.3 Å². The Bertz CT molecular complexity index is 1370.